The first-order valence-corrected chi connectivity index (χ1v) is 6.24. The Labute approximate surface area is 93.9 Å². The molecule has 1 rings (SSSR count). The second kappa shape index (κ2) is 6.67. The maximum Gasteiger partial charge on any atom is 0.0771 e. The van der Waals surface area contributed by atoms with E-state index in [0.717, 1.165) is 0 Å². The van der Waals surface area contributed by atoms with Crippen LogP contribution in [0.1, 0.15) is 39.7 Å². The average Bonchev–Trinajstić information content (AvgIpc) is 2.77. The van der Waals surface area contributed by atoms with Crippen molar-refractivity contribution in [1.29, 1.82) is 0 Å². The molecule has 0 spiro atoms. The van der Waals surface area contributed by atoms with E-state index in [0.29, 0.717) is 6.04 Å². The summed E-state index contributed by atoms with van der Waals surface area (Å²) in [6, 6.07) is 4.85. The summed E-state index contributed by atoms with van der Waals surface area (Å²) in [5.74, 6) is 0. The quantitative estimate of drug-likeness (QED) is 0.701. The third-order valence-corrected chi connectivity index (χ3v) is 3.29. The molecule has 1 N–H and O–H groups in total. The van der Waals surface area contributed by atoms with Gasteiger partial charge in [-0.05, 0) is 45.7 Å². The largest absolute Gasteiger partial charge is 0.352 e. The maximum absolute atomic E-state index is 2.30. The highest BCUT2D eigenvalue weighted by Crippen LogP contribution is 2.11. The van der Waals surface area contributed by atoms with Crippen LogP contribution in [0.4, 0.5) is 0 Å². The minimum absolute atomic E-state index is 0.648. The first-order chi connectivity index (χ1) is 7.27. The summed E-state index contributed by atoms with van der Waals surface area (Å²) in [7, 11) is 0. The molecule has 1 aromatic heterocycles. The Morgan fingerprint density at radius 2 is 1.73 bits per heavy atom. The lowest BCUT2D eigenvalue weighted by molar-refractivity contribution is -0.896. The van der Waals surface area contributed by atoms with Crippen molar-refractivity contribution in [2.45, 2.75) is 39.7 Å². The summed E-state index contributed by atoms with van der Waals surface area (Å²) in [4.78, 5) is 1.72. The molecule has 0 saturated heterocycles. The lowest BCUT2D eigenvalue weighted by atomic mass is 10.1. The van der Waals surface area contributed by atoms with Gasteiger partial charge in [-0.15, -0.1) is 0 Å². The second-order valence-corrected chi connectivity index (χ2v) is 4.33. The van der Waals surface area contributed by atoms with Crippen molar-refractivity contribution in [3.05, 3.63) is 24.5 Å². The van der Waals surface area contributed by atoms with Crippen LogP contribution >= 0.6 is 0 Å². The summed E-state index contributed by atoms with van der Waals surface area (Å²) >= 11 is 0. The van der Waals surface area contributed by atoms with Crippen LogP contribution in [-0.4, -0.2) is 24.2 Å². The van der Waals surface area contributed by atoms with Crippen LogP contribution in [0.2, 0.25) is 0 Å². The van der Waals surface area contributed by atoms with E-state index in [1.807, 2.05) is 0 Å². The molecular weight excluding hydrogens is 184 g/mol. The Bertz CT molecular complexity index is 237. The van der Waals surface area contributed by atoms with Crippen molar-refractivity contribution in [1.82, 2.24) is 4.57 Å². The van der Waals surface area contributed by atoms with Gasteiger partial charge in [0.25, 0.3) is 0 Å². The Kier molecular flexibility index (Phi) is 5.48. The van der Waals surface area contributed by atoms with Gasteiger partial charge in [-0.1, -0.05) is 0 Å². The van der Waals surface area contributed by atoms with E-state index in [2.05, 4.69) is 49.9 Å². The highest BCUT2D eigenvalue weighted by atomic mass is 15.1. The molecule has 15 heavy (non-hydrogen) atoms. The normalized spacial score (nSPS) is 13.3. The van der Waals surface area contributed by atoms with Crippen LogP contribution in [0, 0.1) is 0 Å². The van der Waals surface area contributed by atoms with E-state index in [-0.39, 0.29) is 0 Å². The van der Waals surface area contributed by atoms with E-state index in [4.69, 9.17) is 0 Å². The maximum atomic E-state index is 2.30. The fraction of sp³-hybridized carbons (Fsp3) is 0.692. The van der Waals surface area contributed by atoms with E-state index in [1.165, 1.54) is 32.5 Å². The molecule has 0 unspecified atom stereocenters. The van der Waals surface area contributed by atoms with Gasteiger partial charge in [0.1, 0.15) is 0 Å². The number of hydrogen-bond donors (Lipinski definition) is 1. The average molecular weight is 209 g/mol. The second-order valence-electron chi connectivity index (χ2n) is 4.33. The van der Waals surface area contributed by atoms with Gasteiger partial charge >= 0.3 is 0 Å². The van der Waals surface area contributed by atoms with Crippen molar-refractivity contribution in [3.8, 4) is 0 Å². The molecule has 1 heterocycles. The molecular formula is C13H25N2+. The first kappa shape index (κ1) is 12.3. The molecule has 0 aliphatic carbocycles. The van der Waals surface area contributed by atoms with Crippen molar-refractivity contribution < 1.29 is 4.90 Å². The van der Waals surface area contributed by atoms with Crippen molar-refractivity contribution in [2.75, 3.05) is 19.6 Å². The lowest BCUT2D eigenvalue weighted by Gasteiger charge is -2.17. The Morgan fingerprint density at radius 3 is 2.27 bits per heavy atom. The number of aromatic nitrogens is 1. The highest BCUT2D eigenvalue weighted by molar-refractivity contribution is 4.92. The van der Waals surface area contributed by atoms with E-state index >= 15 is 0 Å². The van der Waals surface area contributed by atoms with Gasteiger partial charge in [0.15, 0.2) is 0 Å². The first-order valence-electron chi connectivity index (χ1n) is 6.24. The third kappa shape index (κ3) is 4.08. The third-order valence-electron chi connectivity index (χ3n) is 3.29. The van der Waals surface area contributed by atoms with Crippen molar-refractivity contribution >= 4 is 0 Å². The molecule has 0 amide bonds. The van der Waals surface area contributed by atoms with Gasteiger partial charge in [-0.3, -0.25) is 0 Å². The van der Waals surface area contributed by atoms with Gasteiger partial charge in [0.05, 0.1) is 19.6 Å². The van der Waals surface area contributed by atoms with E-state index in [9.17, 15) is 0 Å². The van der Waals surface area contributed by atoms with Gasteiger partial charge in [-0.25, -0.2) is 0 Å². The number of nitrogens with zero attached hydrogens (tertiary/aromatic N) is 1. The molecule has 0 aromatic carbocycles. The molecule has 0 saturated carbocycles. The summed E-state index contributed by atoms with van der Waals surface area (Å²) in [5, 5.41) is 0. The highest BCUT2D eigenvalue weighted by Gasteiger charge is 2.06. The zero-order valence-electron chi connectivity index (χ0n) is 10.4. The van der Waals surface area contributed by atoms with E-state index < -0.39 is 0 Å². The Balaban J connectivity index is 2.20. The van der Waals surface area contributed by atoms with Crippen LogP contribution < -0.4 is 4.90 Å². The van der Waals surface area contributed by atoms with Gasteiger partial charge < -0.3 is 9.47 Å². The van der Waals surface area contributed by atoms with Gasteiger partial charge in [0, 0.05) is 18.4 Å². The van der Waals surface area contributed by atoms with Crippen LogP contribution in [-0.2, 0) is 0 Å². The molecule has 0 aliphatic heterocycles. The predicted octanol–water partition coefficient (Wildman–Crippen LogP) is 1.75. The molecule has 0 aliphatic rings. The SMILES string of the molecule is CC[NH+](CC)CCC[C@@H](C)n1cccc1. The number of nitrogens with one attached hydrogen (secondary N) is 1. The zero-order chi connectivity index (χ0) is 11.1. The van der Waals surface area contributed by atoms with Crippen molar-refractivity contribution in [3.63, 3.8) is 0 Å². The monoisotopic (exact) mass is 209 g/mol. The van der Waals surface area contributed by atoms with Gasteiger partial charge in [-0.2, -0.15) is 0 Å². The summed E-state index contributed by atoms with van der Waals surface area (Å²) in [5.41, 5.74) is 0. The lowest BCUT2D eigenvalue weighted by Crippen LogP contribution is -3.11. The van der Waals surface area contributed by atoms with Crippen LogP contribution in [0.5, 0.6) is 0 Å². The molecule has 1 atom stereocenters. The molecule has 0 bridgehead atoms. The molecule has 0 fully saturated rings. The molecule has 1 aromatic rings. The summed E-state index contributed by atoms with van der Waals surface area (Å²) < 4.78 is 2.30. The number of quaternary nitrogens is 1. The summed E-state index contributed by atoms with van der Waals surface area (Å²) in [6.07, 6.45) is 6.94. The zero-order valence-corrected chi connectivity index (χ0v) is 10.4. The minimum Gasteiger partial charge on any atom is -0.352 e. The standard InChI is InChI=1S/C13H24N2/c1-4-14(5-2)10-8-9-13(3)15-11-6-7-12-15/h6-7,11-13H,4-5,8-10H2,1-3H3/p+1/t13-/m1/s1. The molecule has 86 valence electrons. The van der Waals surface area contributed by atoms with Crippen LogP contribution in [0.25, 0.3) is 0 Å². The van der Waals surface area contributed by atoms with Crippen LogP contribution in [0.15, 0.2) is 24.5 Å². The number of hydrogen-bond acceptors (Lipinski definition) is 0. The fourth-order valence-corrected chi connectivity index (χ4v) is 2.04. The fourth-order valence-electron chi connectivity index (χ4n) is 2.04. The molecule has 2 heteroatoms. The Morgan fingerprint density at radius 1 is 1.13 bits per heavy atom. The van der Waals surface area contributed by atoms with Crippen LogP contribution in [0.3, 0.4) is 0 Å². The van der Waals surface area contributed by atoms with Crippen molar-refractivity contribution in [2.24, 2.45) is 0 Å². The van der Waals surface area contributed by atoms with Gasteiger partial charge in [0.2, 0.25) is 0 Å². The predicted molar refractivity (Wildman–Crippen MR) is 65.3 cm³/mol. The van der Waals surface area contributed by atoms with E-state index in [1.54, 1.807) is 4.90 Å². The smallest absolute Gasteiger partial charge is 0.0771 e. The topological polar surface area (TPSA) is 9.37 Å². The number of rotatable bonds is 7. The Hall–Kier alpha value is -0.760. The molecule has 0 radical (unpaired) electrons. The summed E-state index contributed by atoms with van der Waals surface area (Å²) in [6.45, 7) is 10.7. The minimum atomic E-state index is 0.648. The molecule has 2 nitrogen and oxygen atoms in total.